The van der Waals surface area contributed by atoms with E-state index in [0.29, 0.717) is 11.3 Å². The van der Waals surface area contributed by atoms with Crippen molar-refractivity contribution >= 4 is 5.78 Å². The third-order valence-electron chi connectivity index (χ3n) is 3.39. The summed E-state index contributed by atoms with van der Waals surface area (Å²) in [6, 6.07) is 7.65. The van der Waals surface area contributed by atoms with Gasteiger partial charge in [0.05, 0.1) is 7.11 Å². The molecule has 0 saturated carbocycles. The Morgan fingerprint density at radius 2 is 1.78 bits per heavy atom. The minimum Gasteiger partial charge on any atom is -0.496 e. The number of methoxy groups -OCH3 is 1. The van der Waals surface area contributed by atoms with Crippen LogP contribution in [0.5, 0.6) is 5.75 Å². The van der Waals surface area contributed by atoms with E-state index in [2.05, 4.69) is 4.98 Å². The van der Waals surface area contributed by atoms with Crippen LogP contribution in [-0.4, -0.2) is 17.9 Å². The summed E-state index contributed by atoms with van der Waals surface area (Å²) in [7, 11) is 1.56. The first-order chi connectivity index (χ1) is 10.8. The maximum atomic E-state index is 12.4. The zero-order chi connectivity index (χ0) is 17.0. The molecule has 2 rings (SSSR count). The van der Waals surface area contributed by atoms with Crippen LogP contribution in [0.1, 0.15) is 22.4 Å². The highest BCUT2D eigenvalue weighted by atomic mass is 19.4. The number of benzene rings is 1. The van der Waals surface area contributed by atoms with Crippen LogP contribution in [0.4, 0.5) is 13.2 Å². The predicted octanol–water partition coefficient (Wildman–Crippen LogP) is 3.77. The lowest BCUT2D eigenvalue weighted by Gasteiger charge is -2.08. The number of aryl methyl sites for hydroxylation is 1. The highest BCUT2D eigenvalue weighted by Gasteiger charge is 2.32. The van der Waals surface area contributed by atoms with Crippen LogP contribution in [-0.2, 0) is 23.8 Å². The van der Waals surface area contributed by atoms with Crippen LogP contribution < -0.4 is 4.74 Å². The van der Waals surface area contributed by atoms with Gasteiger partial charge in [-0.15, -0.1) is 0 Å². The van der Waals surface area contributed by atoms with Gasteiger partial charge >= 0.3 is 6.18 Å². The Kier molecular flexibility index (Phi) is 5.03. The number of ketones is 1. The summed E-state index contributed by atoms with van der Waals surface area (Å²) in [5, 5.41) is 0. The smallest absolute Gasteiger partial charge is 0.433 e. The Hall–Kier alpha value is -2.37. The maximum absolute atomic E-state index is 12.4. The second kappa shape index (κ2) is 6.81. The van der Waals surface area contributed by atoms with Gasteiger partial charge in [-0.05, 0) is 35.7 Å². The molecular weight excluding hydrogens is 307 g/mol. The van der Waals surface area contributed by atoms with Crippen molar-refractivity contribution in [2.45, 2.75) is 25.9 Å². The second-order valence-corrected chi connectivity index (χ2v) is 5.25. The van der Waals surface area contributed by atoms with Crippen LogP contribution in [0.2, 0.25) is 0 Å². The van der Waals surface area contributed by atoms with E-state index in [1.165, 1.54) is 6.07 Å². The van der Waals surface area contributed by atoms with E-state index in [1.54, 1.807) is 13.2 Å². The molecule has 0 atom stereocenters. The van der Waals surface area contributed by atoms with E-state index < -0.39 is 11.9 Å². The largest absolute Gasteiger partial charge is 0.496 e. The van der Waals surface area contributed by atoms with Crippen LogP contribution in [0.25, 0.3) is 0 Å². The lowest BCUT2D eigenvalue weighted by molar-refractivity contribution is -0.141. The van der Waals surface area contributed by atoms with E-state index in [4.69, 9.17) is 4.74 Å². The van der Waals surface area contributed by atoms with Gasteiger partial charge in [0.25, 0.3) is 0 Å². The number of rotatable bonds is 5. The fourth-order valence-corrected chi connectivity index (χ4v) is 2.19. The minimum atomic E-state index is -4.47. The summed E-state index contributed by atoms with van der Waals surface area (Å²) in [6.45, 7) is 1.90. The van der Waals surface area contributed by atoms with E-state index in [-0.39, 0.29) is 18.6 Å². The summed E-state index contributed by atoms with van der Waals surface area (Å²) < 4.78 is 42.5. The summed E-state index contributed by atoms with van der Waals surface area (Å²) in [4.78, 5) is 15.4. The number of ether oxygens (including phenoxy) is 1. The highest BCUT2D eigenvalue weighted by molar-refractivity contribution is 5.83. The van der Waals surface area contributed by atoms with Gasteiger partial charge in [-0.2, -0.15) is 13.2 Å². The van der Waals surface area contributed by atoms with Gasteiger partial charge in [-0.3, -0.25) is 9.78 Å². The first-order valence-electron chi connectivity index (χ1n) is 6.97. The predicted molar refractivity (Wildman–Crippen MR) is 79.4 cm³/mol. The van der Waals surface area contributed by atoms with Gasteiger partial charge in [0, 0.05) is 19.0 Å². The van der Waals surface area contributed by atoms with E-state index in [9.17, 15) is 18.0 Å². The van der Waals surface area contributed by atoms with Crippen molar-refractivity contribution in [2.24, 2.45) is 0 Å². The molecule has 1 aromatic carbocycles. The van der Waals surface area contributed by atoms with Crippen molar-refractivity contribution in [3.63, 3.8) is 0 Å². The number of carbonyl (C=O) groups is 1. The highest BCUT2D eigenvalue weighted by Crippen LogP contribution is 2.27. The zero-order valence-corrected chi connectivity index (χ0v) is 12.8. The Morgan fingerprint density at radius 1 is 1.13 bits per heavy atom. The maximum Gasteiger partial charge on any atom is 0.433 e. The summed E-state index contributed by atoms with van der Waals surface area (Å²) >= 11 is 0. The molecule has 0 amide bonds. The van der Waals surface area contributed by atoms with Gasteiger partial charge in [0.2, 0.25) is 0 Å². The SMILES string of the molecule is COc1cc(CC(=O)Cc2ccc(C(F)(F)F)nc2)ccc1C. The van der Waals surface area contributed by atoms with E-state index >= 15 is 0 Å². The molecule has 0 spiro atoms. The normalized spacial score (nSPS) is 11.3. The molecule has 0 radical (unpaired) electrons. The summed E-state index contributed by atoms with van der Waals surface area (Å²) in [5.41, 5.74) is 1.27. The van der Waals surface area contributed by atoms with Crippen LogP contribution in [0.3, 0.4) is 0 Å². The number of aromatic nitrogens is 1. The fraction of sp³-hybridized carbons (Fsp3) is 0.294. The van der Waals surface area contributed by atoms with Crippen LogP contribution >= 0.6 is 0 Å². The Morgan fingerprint density at radius 3 is 2.35 bits per heavy atom. The molecule has 2 aromatic rings. The van der Waals surface area contributed by atoms with Crippen LogP contribution in [0, 0.1) is 6.92 Å². The van der Waals surface area contributed by atoms with Gasteiger partial charge in [0.15, 0.2) is 0 Å². The minimum absolute atomic E-state index is 0.0430. The molecule has 6 heteroatoms. The van der Waals surface area contributed by atoms with Crippen molar-refractivity contribution in [3.05, 3.63) is 58.9 Å². The van der Waals surface area contributed by atoms with Crippen molar-refractivity contribution in [1.82, 2.24) is 4.98 Å². The van der Waals surface area contributed by atoms with Gasteiger partial charge < -0.3 is 4.74 Å². The van der Waals surface area contributed by atoms with E-state index in [1.807, 2.05) is 19.1 Å². The average molecular weight is 323 g/mol. The molecule has 1 heterocycles. The van der Waals surface area contributed by atoms with Crippen molar-refractivity contribution in [3.8, 4) is 5.75 Å². The van der Waals surface area contributed by atoms with Gasteiger partial charge in [-0.25, -0.2) is 0 Å². The van der Waals surface area contributed by atoms with Gasteiger partial charge in [-0.1, -0.05) is 18.2 Å². The molecular formula is C17H16F3NO2. The molecule has 1 aromatic heterocycles. The van der Waals surface area contributed by atoms with Crippen molar-refractivity contribution in [2.75, 3.05) is 7.11 Å². The lowest BCUT2D eigenvalue weighted by atomic mass is 10.0. The number of nitrogens with zero attached hydrogens (tertiary/aromatic N) is 1. The number of Topliss-reactive ketones (excluding diaryl/α,β-unsaturated/α-hetero) is 1. The molecule has 23 heavy (non-hydrogen) atoms. The molecule has 0 fully saturated rings. The molecule has 0 bridgehead atoms. The van der Waals surface area contributed by atoms with E-state index in [0.717, 1.165) is 23.4 Å². The molecule has 0 aliphatic heterocycles. The Bertz CT molecular complexity index is 694. The number of alkyl halides is 3. The fourth-order valence-electron chi connectivity index (χ4n) is 2.19. The average Bonchev–Trinajstić information content (AvgIpc) is 2.48. The lowest BCUT2D eigenvalue weighted by Crippen LogP contribution is -2.10. The van der Waals surface area contributed by atoms with Gasteiger partial charge in [0.1, 0.15) is 17.2 Å². The van der Waals surface area contributed by atoms with Crippen molar-refractivity contribution < 1.29 is 22.7 Å². The number of halogens is 3. The standard InChI is InChI=1S/C17H16F3NO2/c1-11-3-4-12(9-15(11)23-2)7-14(22)8-13-5-6-16(21-10-13)17(18,19)20/h3-6,9-10H,7-8H2,1-2H3. The Balaban J connectivity index is 2.02. The number of hydrogen-bond acceptors (Lipinski definition) is 3. The second-order valence-electron chi connectivity index (χ2n) is 5.25. The Labute approximate surface area is 132 Å². The molecule has 122 valence electrons. The number of carbonyl (C=O) groups excluding carboxylic acids is 1. The third kappa shape index (κ3) is 4.55. The number of hydrogen-bond donors (Lipinski definition) is 0. The molecule has 0 saturated heterocycles. The molecule has 0 aliphatic carbocycles. The first-order valence-corrected chi connectivity index (χ1v) is 6.97. The molecule has 0 unspecified atom stereocenters. The monoisotopic (exact) mass is 323 g/mol. The first kappa shape index (κ1) is 17.0. The molecule has 3 nitrogen and oxygen atoms in total. The topological polar surface area (TPSA) is 39.2 Å². The molecule has 0 aliphatic rings. The zero-order valence-electron chi connectivity index (χ0n) is 12.8. The summed E-state index contributed by atoms with van der Waals surface area (Å²) in [5.74, 6) is 0.601. The van der Waals surface area contributed by atoms with Crippen LogP contribution in [0.15, 0.2) is 36.5 Å². The summed E-state index contributed by atoms with van der Waals surface area (Å²) in [6.07, 6.45) is -3.14. The third-order valence-corrected chi connectivity index (χ3v) is 3.39. The van der Waals surface area contributed by atoms with Crippen molar-refractivity contribution in [1.29, 1.82) is 0 Å². The number of pyridine rings is 1. The molecule has 0 N–H and O–H groups in total. The quantitative estimate of drug-likeness (QED) is 0.841.